The summed E-state index contributed by atoms with van der Waals surface area (Å²) in [5.41, 5.74) is 0.0962. The molecule has 0 bridgehead atoms. The molecule has 104 valence electrons. The molecule has 1 aromatic carbocycles. The third-order valence-electron chi connectivity index (χ3n) is 2.34. The van der Waals surface area contributed by atoms with Gasteiger partial charge in [-0.25, -0.2) is 0 Å². The van der Waals surface area contributed by atoms with Crippen molar-refractivity contribution in [3.8, 4) is 0 Å². The Kier molecular flexibility index (Phi) is 5.38. The number of nitro benzene ring substituents is 1. The van der Waals surface area contributed by atoms with Gasteiger partial charge in [0.25, 0.3) is 5.69 Å². The lowest BCUT2D eigenvalue weighted by molar-refractivity contribution is -0.384. The number of hydrogen-bond acceptors (Lipinski definition) is 4. The van der Waals surface area contributed by atoms with E-state index in [9.17, 15) is 14.9 Å². The van der Waals surface area contributed by atoms with Crippen LogP contribution in [0.5, 0.6) is 0 Å². The van der Waals surface area contributed by atoms with E-state index >= 15 is 0 Å². The molecular weight excluding hydrogens is 293 g/mol. The Balaban J connectivity index is 2.96. The molecule has 1 unspecified atom stereocenters. The third kappa shape index (κ3) is 3.97. The number of nitrogens with zero attached hydrogens (tertiary/aromatic N) is 1. The molecule has 1 rings (SSSR count). The lowest BCUT2D eigenvalue weighted by Gasteiger charge is -2.16. The van der Waals surface area contributed by atoms with Crippen molar-refractivity contribution in [3.05, 3.63) is 32.3 Å². The number of carbonyl (C=O) groups excluding carboxylic acids is 1. The van der Waals surface area contributed by atoms with Crippen LogP contribution in [0.2, 0.25) is 10.0 Å². The van der Waals surface area contributed by atoms with Gasteiger partial charge in [0.2, 0.25) is 5.91 Å². The van der Waals surface area contributed by atoms with Gasteiger partial charge >= 0.3 is 0 Å². The zero-order valence-corrected chi connectivity index (χ0v) is 11.9. The van der Waals surface area contributed by atoms with Gasteiger partial charge in [0.1, 0.15) is 6.04 Å². The molecule has 1 atom stereocenters. The average molecular weight is 306 g/mol. The molecule has 0 aliphatic rings. The zero-order valence-electron chi connectivity index (χ0n) is 10.4. The molecule has 0 spiro atoms. The van der Waals surface area contributed by atoms with Gasteiger partial charge in [-0.15, -0.1) is 0 Å². The first-order valence-electron chi connectivity index (χ1n) is 5.54. The Morgan fingerprint density at radius 2 is 1.95 bits per heavy atom. The second-order valence-corrected chi connectivity index (χ2v) is 4.62. The summed E-state index contributed by atoms with van der Waals surface area (Å²) in [6.07, 6.45) is 0. The fourth-order valence-electron chi connectivity index (χ4n) is 1.41. The van der Waals surface area contributed by atoms with Crippen molar-refractivity contribution in [1.82, 2.24) is 5.32 Å². The van der Waals surface area contributed by atoms with Gasteiger partial charge < -0.3 is 10.6 Å². The van der Waals surface area contributed by atoms with Crippen molar-refractivity contribution in [2.75, 3.05) is 11.9 Å². The van der Waals surface area contributed by atoms with Crippen LogP contribution in [0.3, 0.4) is 0 Å². The monoisotopic (exact) mass is 305 g/mol. The van der Waals surface area contributed by atoms with Crippen LogP contribution >= 0.6 is 23.2 Å². The molecule has 0 radical (unpaired) electrons. The fraction of sp³-hybridized carbons (Fsp3) is 0.364. The number of nitrogens with one attached hydrogen (secondary N) is 2. The number of carbonyl (C=O) groups is 1. The highest BCUT2D eigenvalue weighted by Gasteiger charge is 2.18. The van der Waals surface area contributed by atoms with Crippen LogP contribution in [0, 0.1) is 10.1 Å². The number of nitro groups is 1. The minimum absolute atomic E-state index is 0.0929. The van der Waals surface area contributed by atoms with Crippen LogP contribution in [0.15, 0.2) is 12.1 Å². The Hall–Kier alpha value is -1.53. The molecule has 1 aromatic rings. The molecule has 0 fully saturated rings. The molecule has 0 aliphatic heterocycles. The van der Waals surface area contributed by atoms with E-state index in [1.807, 2.05) is 0 Å². The topological polar surface area (TPSA) is 84.3 Å². The van der Waals surface area contributed by atoms with Crippen molar-refractivity contribution < 1.29 is 9.72 Å². The Morgan fingerprint density at radius 3 is 2.37 bits per heavy atom. The highest BCUT2D eigenvalue weighted by Crippen LogP contribution is 2.35. The van der Waals surface area contributed by atoms with E-state index in [4.69, 9.17) is 23.2 Å². The molecule has 0 saturated carbocycles. The summed E-state index contributed by atoms with van der Waals surface area (Å²) in [6, 6.07) is 1.80. The van der Waals surface area contributed by atoms with Gasteiger partial charge in [0.05, 0.1) is 20.7 Å². The lowest BCUT2D eigenvalue weighted by Crippen LogP contribution is -2.37. The normalized spacial score (nSPS) is 11.8. The van der Waals surface area contributed by atoms with Crippen LogP contribution in [0.25, 0.3) is 0 Å². The molecule has 0 aliphatic carbocycles. The first-order chi connectivity index (χ1) is 8.86. The van der Waals surface area contributed by atoms with Gasteiger partial charge in [-0.1, -0.05) is 23.2 Å². The Bertz CT molecular complexity index is 485. The van der Waals surface area contributed by atoms with Crippen LogP contribution < -0.4 is 10.6 Å². The highest BCUT2D eigenvalue weighted by molar-refractivity contribution is 6.39. The van der Waals surface area contributed by atoms with Crippen molar-refractivity contribution in [1.29, 1.82) is 0 Å². The summed E-state index contributed by atoms with van der Waals surface area (Å²) in [7, 11) is 0. The van der Waals surface area contributed by atoms with Crippen molar-refractivity contribution in [2.45, 2.75) is 19.9 Å². The number of rotatable bonds is 5. The van der Waals surface area contributed by atoms with E-state index in [0.29, 0.717) is 12.2 Å². The molecule has 8 heteroatoms. The van der Waals surface area contributed by atoms with Crippen LogP contribution in [-0.2, 0) is 4.79 Å². The largest absolute Gasteiger partial charge is 0.371 e. The maximum absolute atomic E-state index is 11.6. The van der Waals surface area contributed by atoms with Crippen LogP contribution in [-0.4, -0.2) is 23.4 Å². The molecule has 19 heavy (non-hydrogen) atoms. The SMILES string of the molecule is CCNC(=O)C(C)Nc1c(Cl)cc([N+](=O)[O-])cc1Cl. The minimum atomic E-state index is -0.589. The van der Waals surface area contributed by atoms with Gasteiger partial charge in [-0.2, -0.15) is 0 Å². The van der Waals surface area contributed by atoms with E-state index in [-0.39, 0.29) is 21.6 Å². The maximum atomic E-state index is 11.6. The number of halogens is 2. The van der Waals surface area contributed by atoms with Crippen LogP contribution in [0.4, 0.5) is 11.4 Å². The number of likely N-dealkylation sites (N-methyl/N-ethyl adjacent to an activating group) is 1. The summed E-state index contributed by atoms with van der Waals surface area (Å²) in [4.78, 5) is 21.6. The molecule has 0 heterocycles. The fourth-order valence-corrected chi connectivity index (χ4v) is 2.00. The van der Waals surface area contributed by atoms with E-state index in [1.165, 1.54) is 12.1 Å². The van der Waals surface area contributed by atoms with Crippen LogP contribution in [0.1, 0.15) is 13.8 Å². The standard InChI is InChI=1S/C11H13Cl2N3O3/c1-3-14-11(17)6(2)15-10-8(12)4-7(16(18)19)5-9(10)13/h4-6,15H,3H2,1-2H3,(H,14,17). The van der Waals surface area contributed by atoms with Crippen molar-refractivity contribution >= 4 is 40.5 Å². The molecule has 1 amide bonds. The first-order valence-corrected chi connectivity index (χ1v) is 6.30. The number of benzene rings is 1. The number of anilines is 1. The second-order valence-electron chi connectivity index (χ2n) is 3.80. The second kappa shape index (κ2) is 6.58. The van der Waals surface area contributed by atoms with E-state index in [2.05, 4.69) is 10.6 Å². The quantitative estimate of drug-likeness (QED) is 0.647. The summed E-state index contributed by atoms with van der Waals surface area (Å²) in [6.45, 7) is 3.95. The lowest BCUT2D eigenvalue weighted by atomic mass is 10.2. The highest BCUT2D eigenvalue weighted by atomic mass is 35.5. The average Bonchev–Trinajstić information content (AvgIpc) is 2.33. The molecule has 6 nitrogen and oxygen atoms in total. The molecule has 2 N–H and O–H groups in total. The van der Waals surface area contributed by atoms with Gasteiger partial charge in [-0.05, 0) is 13.8 Å². The van der Waals surface area contributed by atoms with Gasteiger partial charge in [-0.3, -0.25) is 14.9 Å². The zero-order chi connectivity index (χ0) is 14.6. The first kappa shape index (κ1) is 15.5. The number of hydrogen-bond donors (Lipinski definition) is 2. The van der Waals surface area contributed by atoms with Crippen molar-refractivity contribution in [2.24, 2.45) is 0 Å². The number of amides is 1. The van der Waals surface area contributed by atoms with E-state index in [0.717, 1.165) is 0 Å². The summed E-state index contributed by atoms with van der Waals surface area (Å²) >= 11 is 11.8. The molecular formula is C11H13Cl2N3O3. The third-order valence-corrected chi connectivity index (χ3v) is 2.94. The summed E-state index contributed by atoms with van der Waals surface area (Å²) < 4.78 is 0. The maximum Gasteiger partial charge on any atom is 0.272 e. The van der Waals surface area contributed by atoms with E-state index in [1.54, 1.807) is 13.8 Å². The summed E-state index contributed by atoms with van der Waals surface area (Å²) in [5.74, 6) is -0.215. The Labute approximate surface area is 120 Å². The molecule has 0 saturated heterocycles. The molecule has 0 aromatic heterocycles. The minimum Gasteiger partial charge on any atom is -0.371 e. The predicted octanol–water partition coefficient (Wildman–Crippen LogP) is 2.84. The van der Waals surface area contributed by atoms with Crippen molar-refractivity contribution in [3.63, 3.8) is 0 Å². The summed E-state index contributed by atoms with van der Waals surface area (Å²) in [5, 5.41) is 16.3. The smallest absolute Gasteiger partial charge is 0.272 e. The predicted molar refractivity (Wildman–Crippen MR) is 74.9 cm³/mol. The number of non-ortho nitro benzene ring substituents is 1. The van der Waals surface area contributed by atoms with Gasteiger partial charge in [0, 0.05) is 18.7 Å². The Morgan fingerprint density at radius 1 is 1.42 bits per heavy atom. The van der Waals surface area contributed by atoms with E-state index < -0.39 is 11.0 Å². The van der Waals surface area contributed by atoms with Gasteiger partial charge in [0.15, 0.2) is 0 Å².